The van der Waals surface area contributed by atoms with Crippen LogP contribution in [0.2, 0.25) is 0 Å². The highest BCUT2D eigenvalue weighted by Gasteiger charge is 2.09. The summed E-state index contributed by atoms with van der Waals surface area (Å²) in [5.41, 5.74) is 0. The van der Waals surface area contributed by atoms with Crippen LogP contribution in [-0.2, 0) is 4.79 Å². The van der Waals surface area contributed by atoms with Gasteiger partial charge in [-0.05, 0) is 6.42 Å². The molecular weight excluding hydrogens is 156 g/mol. The Balaban J connectivity index is 3.95. The first-order valence-electron chi connectivity index (χ1n) is 3.90. The van der Waals surface area contributed by atoms with Crippen molar-refractivity contribution in [1.29, 1.82) is 0 Å². The van der Waals surface area contributed by atoms with Crippen molar-refractivity contribution >= 4 is 18.2 Å². The number of urea groups is 1. The number of nitrogens with zero attached hydrogens (tertiary/aromatic N) is 2. The Labute approximate surface area is 72.3 Å². The second kappa shape index (κ2) is 5.46. The standard InChI is InChI=1S/C8H14N2O2/c1-4-5-6-9-8(12)10(3)7(2)11/h6H,4-5H2,1-3H3/b9-6+. The molecule has 0 spiro atoms. The Morgan fingerprint density at radius 1 is 1.50 bits per heavy atom. The van der Waals surface area contributed by atoms with Gasteiger partial charge in [-0.15, -0.1) is 0 Å². The third-order valence-corrected chi connectivity index (χ3v) is 1.38. The maximum atomic E-state index is 11.0. The maximum Gasteiger partial charge on any atom is 0.349 e. The zero-order valence-corrected chi connectivity index (χ0v) is 7.70. The predicted molar refractivity (Wildman–Crippen MR) is 47.2 cm³/mol. The fourth-order valence-corrected chi connectivity index (χ4v) is 0.493. The normalized spacial score (nSPS) is 10.2. The summed E-state index contributed by atoms with van der Waals surface area (Å²) in [6.07, 6.45) is 3.24. The molecule has 0 saturated carbocycles. The van der Waals surface area contributed by atoms with Crippen LogP contribution in [0.4, 0.5) is 4.79 Å². The minimum atomic E-state index is -0.504. The number of carbonyl (C=O) groups excluding carboxylic acids is 2. The number of hydrogen-bond acceptors (Lipinski definition) is 2. The molecule has 3 amide bonds. The molecule has 0 unspecified atom stereocenters. The van der Waals surface area contributed by atoms with Crippen molar-refractivity contribution in [3.63, 3.8) is 0 Å². The Morgan fingerprint density at radius 3 is 2.50 bits per heavy atom. The van der Waals surface area contributed by atoms with Crippen LogP contribution in [0.1, 0.15) is 26.7 Å². The molecular formula is C8H14N2O2. The van der Waals surface area contributed by atoms with E-state index in [0.717, 1.165) is 17.7 Å². The lowest BCUT2D eigenvalue weighted by atomic mass is 10.4. The highest BCUT2D eigenvalue weighted by atomic mass is 16.2. The summed E-state index contributed by atoms with van der Waals surface area (Å²) in [6.45, 7) is 3.32. The van der Waals surface area contributed by atoms with Gasteiger partial charge in [-0.25, -0.2) is 9.79 Å². The quantitative estimate of drug-likeness (QED) is 0.589. The van der Waals surface area contributed by atoms with E-state index in [9.17, 15) is 9.59 Å². The molecule has 4 nitrogen and oxygen atoms in total. The van der Waals surface area contributed by atoms with Crippen LogP contribution < -0.4 is 0 Å². The average Bonchev–Trinajstić information content (AvgIpc) is 2.03. The fraction of sp³-hybridized carbons (Fsp3) is 0.625. The number of carbonyl (C=O) groups is 2. The van der Waals surface area contributed by atoms with E-state index in [-0.39, 0.29) is 5.91 Å². The predicted octanol–water partition coefficient (Wildman–Crippen LogP) is 1.46. The number of amides is 3. The molecule has 0 rings (SSSR count). The molecule has 0 aliphatic carbocycles. The van der Waals surface area contributed by atoms with Crippen molar-refractivity contribution in [1.82, 2.24) is 4.90 Å². The van der Waals surface area contributed by atoms with E-state index >= 15 is 0 Å². The van der Waals surface area contributed by atoms with Gasteiger partial charge in [0.25, 0.3) is 0 Å². The van der Waals surface area contributed by atoms with Gasteiger partial charge >= 0.3 is 6.03 Å². The molecule has 4 heteroatoms. The summed E-state index contributed by atoms with van der Waals surface area (Å²) in [5, 5.41) is 0. The topological polar surface area (TPSA) is 49.7 Å². The molecule has 0 aromatic carbocycles. The number of unbranched alkanes of at least 4 members (excludes halogenated alkanes) is 1. The van der Waals surface area contributed by atoms with Crippen molar-refractivity contribution in [2.75, 3.05) is 7.05 Å². The van der Waals surface area contributed by atoms with Gasteiger partial charge in [0, 0.05) is 20.2 Å². The van der Waals surface area contributed by atoms with Crippen LogP contribution in [0.15, 0.2) is 4.99 Å². The van der Waals surface area contributed by atoms with Gasteiger partial charge in [0.2, 0.25) is 5.91 Å². The lowest BCUT2D eigenvalue weighted by Crippen LogP contribution is -2.28. The first kappa shape index (κ1) is 10.8. The summed E-state index contributed by atoms with van der Waals surface area (Å²) in [5.74, 6) is -0.298. The molecule has 0 bridgehead atoms. The van der Waals surface area contributed by atoms with Crippen LogP contribution in [0.25, 0.3) is 0 Å². The van der Waals surface area contributed by atoms with E-state index in [1.54, 1.807) is 0 Å². The zero-order chi connectivity index (χ0) is 9.56. The van der Waals surface area contributed by atoms with Crippen LogP contribution in [0, 0.1) is 0 Å². The van der Waals surface area contributed by atoms with Crippen molar-refractivity contribution in [3.05, 3.63) is 0 Å². The minimum Gasteiger partial charge on any atom is -0.275 e. The number of aliphatic imine (C=N–C) groups is 1. The van der Waals surface area contributed by atoms with Crippen molar-refractivity contribution in [2.24, 2.45) is 4.99 Å². The highest BCUT2D eigenvalue weighted by molar-refractivity contribution is 5.96. The minimum absolute atomic E-state index is 0.298. The summed E-state index contributed by atoms with van der Waals surface area (Å²) in [4.78, 5) is 26.2. The molecule has 12 heavy (non-hydrogen) atoms. The molecule has 0 heterocycles. The van der Waals surface area contributed by atoms with Crippen LogP contribution >= 0.6 is 0 Å². The van der Waals surface area contributed by atoms with Gasteiger partial charge < -0.3 is 0 Å². The molecule has 0 aromatic heterocycles. The summed E-state index contributed by atoms with van der Waals surface area (Å²) in [7, 11) is 1.41. The van der Waals surface area contributed by atoms with E-state index in [0.29, 0.717) is 0 Å². The lowest BCUT2D eigenvalue weighted by Gasteiger charge is -2.07. The highest BCUT2D eigenvalue weighted by Crippen LogP contribution is 1.90. The van der Waals surface area contributed by atoms with E-state index in [1.807, 2.05) is 6.92 Å². The van der Waals surface area contributed by atoms with Crippen molar-refractivity contribution in [3.8, 4) is 0 Å². The molecule has 68 valence electrons. The number of imide groups is 1. The smallest absolute Gasteiger partial charge is 0.275 e. The third kappa shape index (κ3) is 3.85. The van der Waals surface area contributed by atoms with Gasteiger partial charge in [0.1, 0.15) is 0 Å². The number of hydrogen-bond donors (Lipinski definition) is 0. The van der Waals surface area contributed by atoms with Gasteiger partial charge in [-0.1, -0.05) is 13.3 Å². The van der Waals surface area contributed by atoms with Gasteiger partial charge in [-0.3, -0.25) is 9.69 Å². The summed E-state index contributed by atoms with van der Waals surface area (Å²) >= 11 is 0. The van der Waals surface area contributed by atoms with Crippen molar-refractivity contribution < 1.29 is 9.59 Å². The summed E-state index contributed by atoms with van der Waals surface area (Å²) in [6, 6.07) is -0.504. The van der Waals surface area contributed by atoms with Crippen LogP contribution in [0.3, 0.4) is 0 Å². The van der Waals surface area contributed by atoms with Crippen molar-refractivity contribution in [2.45, 2.75) is 26.7 Å². The van der Waals surface area contributed by atoms with Crippen LogP contribution in [-0.4, -0.2) is 30.1 Å². The van der Waals surface area contributed by atoms with E-state index < -0.39 is 6.03 Å². The largest absolute Gasteiger partial charge is 0.349 e. The Morgan fingerprint density at radius 2 is 2.08 bits per heavy atom. The third-order valence-electron chi connectivity index (χ3n) is 1.38. The second-order valence-corrected chi connectivity index (χ2v) is 2.46. The molecule has 0 saturated heterocycles. The van der Waals surface area contributed by atoms with Gasteiger partial charge in [0.15, 0.2) is 0 Å². The van der Waals surface area contributed by atoms with E-state index in [4.69, 9.17) is 0 Å². The summed E-state index contributed by atoms with van der Waals surface area (Å²) < 4.78 is 0. The maximum absolute atomic E-state index is 11.0. The van der Waals surface area contributed by atoms with Gasteiger partial charge in [-0.2, -0.15) is 0 Å². The first-order valence-corrected chi connectivity index (χ1v) is 3.90. The van der Waals surface area contributed by atoms with E-state index in [2.05, 4.69) is 4.99 Å². The Bertz CT molecular complexity index is 199. The molecule has 0 fully saturated rings. The SMILES string of the molecule is CCC/C=N/C(=O)N(C)C(C)=O. The zero-order valence-electron chi connectivity index (χ0n) is 7.70. The Kier molecular flexibility index (Phi) is 4.92. The van der Waals surface area contributed by atoms with Gasteiger partial charge in [0.05, 0.1) is 0 Å². The fourth-order valence-electron chi connectivity index (χ4n) is 0.493. The second-order valence-electron chi connectivity index (χ2n) is 2.46. The molecule has 0 N–H and O–H groups in total. The molecule has 0 radical (unpaired) electrons. The molecule has 0 atom stereocenters. The monoisotopic (exact) mass is 170 g/mol. The first-order chi connectivity index (χ1) is 5.59. The molecule has 0 aromatic rings. The molecule has 0 aliphatic rings. The molecule has 0 aliphatic heterocycles. The number of rotatable bonds is 2. The Hall–Kier alpha value is -1.19. The van der Waals surface area contributed by atoms with E-state index in [1.165, 1.54) is 20.2 Å². The lowest BCUT2D eigenvalue weighted by molar-refractivity contribution is -0.124. The van der Waals surface area contributed by atoms with Crippen LogP contribution in [0.5, 0.6) is 0 Å². The average molecular weight is 170 g/mol.